The van der Waals surface area contributed by atoms with Crippen LogP contribution in [0.2, 0.25) is 0 Å². The summed E-state index contributed by atoms with van der Waals surface area (Å²) >= 11 is 0. The average Bonchev–Trinajstić information content (AvgIpc) is 2.76. The normalized spacial score (nSPS) is 21.4. The molecular formula is C15H14F3N3O. The van der Waals surface area contributed by atoms with Crippen LogP contribution in [0, 0.1) is 0 Å². The fourth-order valence-corrected chi connectivity index (χ4v) is 2.82. The number of aryl methyl sites for hydroxylation is 1. The number of carbonyl (C=O) groups is 1. The van der Waals surface area contributed by atoms with E-state index in [-0.39, 0.29) is 17.1 Å². The number of nitrogens with zero attached hydrogens (tertiary/aromatic N) is 2. The first-order valence-electron chi connectivity index (χ1n) is 6.73. The first kappa shape index (κ1) is 14.6. The number of nitrogens with one attached hydrogen (secondary N) is 1. The summed E-state index contributed by atoms with van der Waals surface area (Å²) in [5, 5.41) is 6.71. The van der Waals surface area contributed by atoms with Gasteiger partial charge in [-0.3, -0.25) is 9.48 Å². The lowest BCUT2D eigenvalue weighted by atomic mass is 9.75. The number of aromatic nitrogens is 2. The van der Waals surface area contributed by atoms with Gasteiger partial charge in [-0.05, 0) is 6.92 Å². The predicted octanol–water partition coefficient (Wildman–Crippen LogP) is 3.25. The van der Waals surface area contributed by atoms with E-state index in [0.29, 0.717) is 5.56 Å². The van der Waals surface area contributed by atoms with E-state index in [1.54, 1.807) is 30.3 Å². The lowest BCUT2D eigenvalue weighted by Crippen LogP contribution is -2.46. The highest BCUT2D eigenvalue weighted by Crippen LogP contribution is 2.51. The van der Waals surface area contributed by atoms with Crippen LogP contribution in [0.5, 0.6) is 0 Å². The first-order chi connectivity index (χ1) is 10.2. The van der Waals surface area contributed by atoms with Gasteiger partial charge in [0.2, 0.25) is 5.91 Å². The van der Waals surface area contributed by atoms with Crippen LogP contribution in [0.3, 0.4) is 0 Å². The van der Waals surface area contributed by atoms with E-state index in [2.05, 4.69) is 10.4 Å². The molecule has 3 rings (SSSR count). The predicted molar refractivity (Wildman–Crippen MR) is 75.3 cm³/mol. The molecule has 1 aliphatic rings. The molecule has 1 amide bonds. The van der Waals surface area contributed by atoms with Crippen LogP contribution >= 0.6 is 0 Å². The Balaban J connectivity index is 2.31. The molecule has 1 aromatic carbocycles. The van der Waals surface area contributed by atoms with Gasteiger partial charge in [0.05, 0.1) is 5.69 Å². The third-order valence-electron chi connectivity index (χ3n) is 4.04. The zero-order valence-electron chi connectivity index (χ0n) is 12.0. The van der Waals surface area contributed by atoms with Crippen molar-refractivity contribution in [1.82, 2.24) is 9.78 Å². The molecule has 1 atom stereocenters. The largest absolute Gasteiger partial charge is 0.398 e. The molecule has 2 aromatic rings. The number of fused-ring (bicyclic) bond motifs is 1. The fraction of sp³-hybridized carbons (Fsp3) is 0.333. The number of halogens is 3. The van der Waals surface area contributed by atoms with Crippen molar-refractivity contribution in [2.45, 2.75) is 24.9 Å². The molecule has 2 heterocycles. The summed E-state index contributed by atoms with van der Waals surface area (Å²) in [6.07, 6.45) is -5.19. The molecule has 22 heavy (non-hydrogen) atoms. The van der Waals surface area contributed by atoms with Gasteiger partial charge in [0.25, 0.3) is 0 Å². The minimum Gasteiger partial charge on any atom is -0.311 e. The molecule has 116 valence electrons. The molecule has 1 N–H and O–H groups in total. The number of hydrogen-bond donors (Lipinski definition) is 1. The van der Waals surface area contributed by atoms with Crippen molar-refractivity contribution in [3.05, 3.63) is 35.9 Å². The lowest BCUT2D eigenvalue weighted by molar-refractivity contribution is -0.189. The SMILES string of the molecule is Cn1nc(-c2ccccc2)c2c1NC(=O)CC2(C)C(F)(F)F. The highest BCUT2D eigenvalue weighted by atomic mass is 19.4. The molecule has 1 aliphatic heterocycles. The monoisotopic (exact) mass is 309 g/mol. The minimum atomic E-state index is -4.55. The number of rotatable bonds is 1. The van der Waals surface area contributed by atoms with E-state index in [9.17, 15) is 18.0 Å². The van der Waals surface area contributed by atoms with Crippen LogP contribution in [0.25, 0.3) is 11.3 Å². The van der Waals surface area contributed by atoms with Crippen LogP contribution in [-0.4, -0.2) is 21.9 Å². The van der Waals surface area contributed by atoms with Gasteiger partial charge in [0, 0.05) is 24.6 Å². The van der Waals surface area contributed by atoms with E-state index in [1.165, 1.54) is 11.7 Å². The number of anilines is 1. The molecule has 1 unspecified atom stereocenters. The molecule has 0 radical (unpaired) electrons. The summed E-state index contributed by atoms with van der Waals surface area (Å²) in [7, 11) is 1.52. The number of benzene rings is 1. The van der Waals surface area contributed by atoms with Crippen LogP contribution in [0.15, 0.2) is 30.3 Å². The summed E-state index contributed by atoms with van der Waals surface area (Å²) in [4.78, 5) is 11.7. The van der Waals surface area contributed by atoms with Crippen molar-refractivity contribution >= 4 is 11.7 Å². The summed E-state index contributed by atoms with van der Waals surface area (Å²) < 4.78 is 42.3. The Morgan fingerprint density at radius 1 is 1.27 bits per heavy atom. The van der Waals surface area contributed by atoms with Crippen molar-refractivity contribution < 1.29 is 18.0 Å². The Kier molecular flexibility index (Phi) is 3.05. The Labute approximate surface area is 124 Å². The van der Waals surface area contributed by atoms with Crippen molar-refractivity contribution in [2.75, 3.05) is 5.32 Å². The number of hydrogen-bond acceptors (Lipinski definition) is 2. The van der Waals surface area contributed by atoms with Crippen LogP contribution in [-0.2, 0) is 17.3 Å². The summed E-state index contributed by atoms with van der Waals surface area (Å²) in [5.41, 5.74) is -1.40. The molecular weight excluding hydrogens is 295 g/mol. The fourth-order valence-electron chi connectivity index (χ4n) is 2.82. The van der Waals surface area contributed by atoms with Crippen molar-refractivity contribution in [3.63, 3.8) is 0 Å². The van der Waals surface area contributed by atoms with Gasteiger partial charge < -0.3 is 5.32 Å². The molecule has 1 aromatic heterocycles. The average molecular weight is 309 g/mol. The molecule has 0 saturated carbocycles. The Hall–Kier alpha value is -2.31. The Morgan fingerprint density at radius 3 is 2.50 bits per heavy atom. The van der Waals surface area contributed by atoms with Gasteiger partial charge in [-0.15, -0.1) is 0 Å². The number of carbonyl (C=O) groups excluding carboxylic acids is 1. The molecule has 0 saturated heterocycles. The van der Waals surface area contributed by atoms with Crippen molar-refractivity contribution in [2.24, 2.45) is 7.05 Å². The van der Waals surface area contributed by atoms with Crippen LogP contribution in [0.1, 0.15) is 18.9 Å². The maximum atomic E-state index is 13.7. The van der Waals surface area contributed by atoms with E-state index in [0.717, 1.165) is 6.92 Å². The zero-order valence-corrected chi connectivity index (χ0v) is 12.0. The van der Waals surface area contributed by atoms with Crippen molar-refractivity contribution in [1.29, 1.82) is 0 Å². The molecule has 7 heteroatoms. The smallest absolute Gasteiger partial charge is 0.311 e. The molecule has 0 fully saturated rings. The van der Waals surface area contributed by atoms with Gasteiger partial charge in [-0.2, -0.15) is 18.3 Å². The van der Waals surface area contributed by atoms with Gasteiger partial charge in [0.15, 0.2) is 0 Å². The minimum absolute atomic E-state index is 0.0216. The van der Waals surface area contributed by atoms with Gasteiger partial charge in [0.1, 0.15) is 11.2 Å². The second-order valence-corrected chi connectivity index (χ2v) is 5.62. The summed E-state index contributed by atoms with van der Waals surface area (Å²) in [6.45, 7) is 1.05. The molecule has 0 spiro atoms. The lowest BCUT2D eigenvalue weighted by Gasteiger charge is -2.35. The molecule has 0 aliphatic carbocycles. The first-order valence-corrected chi connectivity index (χ1v) is 6.73. The topological polar surface area (TPSA) is 46.9 Å². The molecule has 4 nitrogen and oxygen atoms in total. The zero-order chi connectivity index (χ0) is 16.1. The summed E-state index contributed by atoms with van der Waals surface area (Å²) in [6, 6.07) is 8.67. The van der Waals surface area contributed by atoms with Crippen molar-refractivity contribution in [3.8, 4) is 11.3 Å². The second kappa shape index (κ2) is 4.59. The third kappa shape index (κ3) is 2.00. The Morgan fingerprint density at radius 2 is 1.91 bits per heavy atom. The van der Waals surface area contributed by atoms with E-state index < -0.39 is 23.9 Å². The maximum absolute atomic E-state index is 13.7. The van der Waals surface area contributed by atoms with E-state index in [1.807, 2.05) is 0 Å². The second-order valence-electron chi connectivity index (χ2n) is 5.62. The standard InChI is InChI=1S/C15H14F3N3O/c1-14(15(16,17)18)8-10(22)19-13-11(14)12(20-21(13)2)9-6-4-3-5-7-9/h3-7H,8H2,1-2H3,(H,19,22). The van der Waals surface area contributed by atoms with Crippen LogP contribution in [0.4, 0.5) is 19.0 Å². The van der Waals surface area contributed by atoms with Gasteiger partial charge in [-0.25, -0.2) is 0 Å². The quantitative estimate of drug-likeness (QED) is 0.879. The third-order valence-corrected chi connectivity index (χ3v) is 4.04. The maximum Gasteiger partial charge on any atom is 0.398 e. The van der Waals surface area contributed by atoms with Gasteiger partial charge in [-0.1, -0.05) is 30.3 Å². The van der Waals surface area contributed by atoms with Gasteiger partial charge >= 0.3 is 6.18 Å². The highest BCUT2D eigenvalue weighted by molar-refractivity contribution is 5.96. The summed E-state index contributed by atoms with van der Waals surface area (Å²) in [5.74, 6) is -0.551. The van der Waals surface area contributed by atoms with E-state index in [4.69, 9.17) is 0 Å². The van der Waals surface area contributed by atoms with E-state index >= 15 is 0 Å². The van der Waals surface area contributed by atoms with Crippen LogP contribution < -0.4 is 5.32 Å². The highest BCUT2D eigenvalue weighted by Gasteiger charge is 2.58. The number of amides is 1. The Bertz CT molecular complexity index is 736. The molecule has 0 bridgehead atoms. The number of alkyl halides is 3.